The van der Waals surface area contributed by atoms with Gasteiger partial charge in [-0.15, -0.1) is 0 Å². The Hall–Kier alpha value is -2.65. The van der Waals surface area contributed by atoms with Gasteiger partial charge in [0.05, 0.1) is 23.9 Å². The molecule has 3 aromatic rings. The Morgan fingerprint density at radius 1 is 1.20 bits per heavy atom. The second-order valence-electron chi connectivity index (χ2n) is 8.48. The maximum absolute atomic E-state index is 13.8. The predicted octanol–water partition coefficient (Wildman–Crippen LogP) is 5.07. The summed E-state index contributed by atoms with van der Waals surface area (Å²) >= 11 is 7.72. The number of nitrogens with zero attached hydrogens (tertiary/aromatic N) is 4. The van der Waals surface area contributed by atoms with E-state index in [1.54, 1.807) is 16.5 Å². The maximum Gasteiger partial charge on any atom is 0.261 e. The van der Waals surface area contributed by atoms with E-state index in [0.29, 0.717) is 41.8 Å². The van der Waals surface area contributed by atoms with Gasteiger partial charge in [-0.1, -0.05) is 54.0 Å². The van der Waals surface area contributed by atoms with E-state index in [2.05, 4.69) is 16.4 Å². The van der Waals surface area contributed by atoms with Crippen LogP contribution in [0.4, 0.5) is 0 Å². The fourth-order valence-corrected chi connectivity index (χ4v) is 5.30. The number of halogens is 1. The van der Waals surface area contributed by atoms with Crippen molar-refractivity contribution in [2.75, 3.05) is 13.1 Å². The van der Waals surface area contributed by atoms with Gasteiger partial charge in [0.25, 0.3) is 11.4 Å². The molecule has 1 aromatic heterocycles. The van der Waals surface area contributed by atoms with E-state index in [0.717, 1.165) is 35.6 Å². The number of nitrogens with two attached hydrogens (primary N) is 1. The van der Waals surface area contributed by atoms with Crippen LogP contribution in [0.1, 0.15) is 49.7 Å². The molecule has 35 heavy (non-hydrogen) atoms. The summed E-state index contributed by atoms with van der Waals surface area (Å²) in [5, 5.41) is 4.77. The second-order valence-corrected chi connectivity index (χ2v) is 10.0. The van der Waals surface area contributed by atoms with Crippen LogP contribution in [0, 0.1) is 0 Å². The van der Waals surface area contributed by atoms with Crippen molar-refractivity contribution in [2.24, 2.45) is 10.9 Å². The third kappa shape index (κ3) is 6.13. The zero-order valence-corrected chi connectivity index (χ0v) is 21.6. The van der Waals surface area contributed by atoms with Crippen LogP contribution in [0.5, 0.6) is 5.88 Å². The van der Waals surface area contributed by atoms with Crippen LogP contribution in [0.2, 0.25) is 5.02 Å². The van der Waals surface area contributed by atoms with Gasteiger partial charge in [-0.25, -0.2) is 4.31 Å². The molecule has 0 bridgehead atoms. The van der Waals surface area contributed by atoms with Gasteiger partial charge in [0.2, 0.25) is 0 Å². The number of rotatable bonds is 10. The summed E-state index contributed by atoms with van der Waals surface area (Å²) in [6, 6.07) is 17.6. The smallest absolute Gasteiger partial charge is 0.261 e. The highest BCUT2D eigenvalue weighted by Crippen LogP contribution is 2.35. The Labute approximate surface area is 215 Å². The molecule has 1 unspecified atom stereocenters. The van der Waals surface area contributed by atoms with E-state index in [1.165, 1.54) is 0 Å². The fourth-order valence-electron chi connectivity index (χ4n) is 4.06. The van der Waals surface area contributed by atoms with Crippen LogP contribution < -0.4 is 16.1 Å². The van der Waals surface area contributed by atoms with Crippen molar-refractivity contribution in [1.82, 2.24) is 13.9 Å². The predicted molar refractivity (Wildman–Crippen MR) is 142 cm³/mol. The summed E-state index contributed by atoms with van der Waals surface area (Å²) in [6.07, 6.45) is 1.99. The first kappa shape index (κ1) is 25.4. The van der Waals surface area contributed by atoms with Crippen molar-refractivity contribution in [2.45, 2.75) is 50.6 Å². The molecule has 184 valence electrons. The zero-order chi connectivity index (χ0) is 24.8. The topological polar surface area (TPSA) is 85.7 Å². The maximum atomic E-state index is 13.8. The first-order chi connectivity index (χ1) is 17.0. The summed E-state index contributed by atoms with van der Waals surface area (Å²) in [7, 11) is 0. The zero-order valence-electron chi connectivity index (χ0n) is 20.0. The molecule has 2 N–H and O–H groups in total. The van der Waals surface area contributed by atoms with Gasteiger partial charge < -0.3 is 10.6 Å². The molecule has 1 aliphatic rings. The SMILES string of the molecule is CCC(c1nc2c(c(=O)n1Cc1ccccc1)CC(C)=NO2)N(CCCN)Sc1ccc(Cl)cc1. The van der Waals surface area contributed by atoms with Crippen molar-refractivity contribution in [3.05, 3.63) is 86.9 Å². The number of aromatic nitrogens is 2. The summed E-state index contributed by atoms with van der Waals surface area (Å²) in [4.78, 5) is 25.3. The van der Waals surface area contributed by atoms with Gasteiger partial charge in [0.15, 0.2) is 0 Å². The molecule has 9 heteroatoms. The Bertz CT molecular complexity index is 1230. The first-order valence-electron chi connectivity index (χ1n) is 11.8. The van der Waals surface area contributed by atoms with Gasteiger partial charge in [0, 0.05) is 22.9 Å². The van der Waals surface area contributed by atoms with Crippen molar-refractivity contribution >= 4 is 29.3 Å². The summed E-state index contributed by atoms with van der Waals surface area (Å²) in [5.41, 5.74) is 8.12. The molecule has 1 atom stereocenters. The highest BCUT2D eigenvalue weighted by atomic mass is 35.5. The molecule has 0 spiro atoms. The standard InChI is InChI=1S/C26H30ClN5O2S/c1-3-23(32(15-7-14-28)35-21-12-10-20(27)11-13-21)24-29-25-22(16-18(2)30-34-25)26(33)31(24)17-19-8-5-4-6-9-19/h4-6,8-13,23H,3,7,14-17,28H2,1-2H3. The number of oxime groups is 1. The summed E-state index contributed by atoms with van der Waals surface area (Å²) in [6.45, 7) is 5.69. The van der Waals surface area contributed by atoms with E-state index >= 15 is 0 Å². The number of hydrogen-bond acceptors (Lipinski definition) is 7. The van der Waals surface area contributed by atoms with E-state index < -0.39 is 0 Å². The van der Waals surface area contributed by atoms with E-state index in [4.69, 9.17) is 27.2 Å². The lowest BCUT2D eigenvalue weighted by molar-refractivity contribution is 0.290. The molecule has 0 saturated heterocycles. The van der Waals surface area contributed by atoms with Crippen LogP contribution in [0.25, 0.3) is 0 Å². The molecule has 1 aliphatic heterocycles. The molecule has 0 fully saturated rings. The normalized spacial score (nSPS) is 13.8. The van der Waals surface area contributed by atoms with Crippen molar-refractivity contribution in [1.29, 1.82) is 0 Å². The largest absolute Gasteiger partial charge is 0.336 e. The Balaban J connectivity index is 1.79. The van der Waals surface area contributed by atoms with E-state index in [-0.39, 0.29) is 11.6 Å². The molecular formula is C26H30ClN5O2S. The third-order valence-corrected chi connectivity index (χ3v) is 7.22. The average Bonchev–Trinajstić information content (AvgIpc) is 2.87. The minimum Gasteiger partial charge on any atom is -0.336 e. The number of hydrogen-bond donors (Lipinski definition) is 1. The molecule has 2 aromatic carbocycles. The lowest BCUT2D eigenvalue weighted by Gasteiger charge is -2.31. The van der Waals surface area contributed by atoms with Crippen LogP contribution in [-0.4, -0.2) is 32.7 Å². The van der Waals surface area contributed by atoms with Gasteiger partial charge in [-0.2, -0.15) is 4.98 Å². The second kappa shape index (κ2) is 11.9. The Morgan fingerprint density at radius 2 is 1.94 bits per heavy atom. The minimum absolute atomic E-state index is 0.0863. The van der Waals surface area contributed by atoms with E-state index in [1.807, 2.05) is 61.5 Å². The van der Waals surface area contributed by atoms with Crippen LogP contribution in [0.15, 0.2) is 69.4 Å². The van der Waals surface area contributed by atoms with Crippen molar-refractivity contribution in [3.63, 3.8) is 0 Å². The first-order valence-corrected chi connectivity index (χ1v) is 12.9. The molecule has 0 radical (unpaired) electrons. The highest BCUT2D eigenvalue weighted by molar-refractivity contribution is 7.97. The Morgan fingerprint density at radius 3 is 2.63 bits per heavy atom. The minimum atomic E-state index is -0.153. The van der Waals surface area contributed by atoms with Gasteiger partial charge >= 0.3 is 0 Å². The lowest BCUT2D eigenvalue weighted by atomic mass is 10.1. The van der Waals surface area contributed by atoms with Gasteiger partial charge in [0.1, 0.15) is 5.82 Å². The molecular weight excluding hydrogens is 482 g/mol. The molecule has 4 rings (SSSR count). The molecule has 7 nitrogen and oxygen atoms in total. The average molecular weight is 512 g/mol. The molecule has 0 aliphatic carbocycles. The van der Waals surface area contributed by atoms with Crippen LogP contribution in [-0.2, 0) is 13.0 Å². The molecule has 0 saturated carbocycles. The van der Waals surface area contributed by atoms with Gasteiger partial charge in [-0.05, 0) is 68.1 Å². The highest BCUT2D eigenvalue weighted by Gasteiger charge is 2.29. The van der Waals surface area contributed by atoms with Crippen LogP contribution >= 0.6 is 23.5 Å². The van der Waals surface area contributed by atoms with Crippen molar-refractivity contribution < 1.29 is 4.84 Å². The van der Waals surface area contributed by atoms with Crippen LogP contribution in [0.3, 0.4) is 0 Å². The quantitative estimate of drug-likeness (QED) is 0.383. The summed E-state index contributed by atoms with van der Waals surface area (Å²) in [5.74, 6) is 0.960. The van der Waals surface area contributed by atoms with E-state index in [9.17, 15) is 4.79 Å². The molecule has 0 amide bonds. The monoisotopic (exact) mass is 511 g/mol. The van der Waals surface area contributed by atoms with Gasteiger partial charge in [-0.3, -0.25) is 9.36 Å². The van der Waals surface area contributed by atoms with Crippen molar-refractivity contribution in [3.8, 4) is 5.88 Å². The number of fused-ring (bicyclic) bond motifs is 1. The Kier molecular flexibility index (Phi) is 8.62. The fraction of sp³-hybridized carbons (Fsp3) is 0.346. The molecule has 2 heterocycles. The number of benzene rings is 2. The third-order valence-electron chi connectivity index (χ3n) is 5.81. The summed E-state index contributed by atoms with van der Waals surface area (Å²) < 4.78 is 4.05. The lowest BCUT2D eigenvalue weighted by Crippen LogP contribution is -2.36.